The predicted octanol–water partition coefficient (Wildman–Crippen LogP) is 2.16. The molecule has 1 aliphatic rings. The molecule has 0 aromatic carbocycles. The van der Waals surface area contributed by atoms with Crippen LogP contribution in [0.1, 0.15) is 61.5 Å². The maximum absolute atomic E-state index is 12.8. The Morgan fingerprint density at radius 3 is 2.90 bits per heavy atom. The van der Waals surface area contributed by atoms with Gasteiger partial charge in [0, 0.05) is 30.5 Å². The Balaban J connectivity index is 2.25. The van der Waals surface area contributed by atoms with Crippen molar-refractivity contribution in [3.05, 3.63) is 23.4 Å². The van der Waals surface area contributed by atoms with Crippen molar-refractivity contribution in [3.8, 4) is 0 Å². The van der Waals surface area contributed by atoms with Crippen LogP contribution in [-0.2, 0) is 0 Å². The topological polar surface area (TPSA) is 79.5 Å². The standard InChI is InChI=1S/C16H25N3O2/c1-11(2)14-9-12(10-15(17)18-14)16(21)19-7-4-3-5-13(19)6-8-20/h9-11,13,20H,3-8H2,1-2H3,(H2,17,18). The number of nitrogens with zero attached hydrogens (tertiary/aromatic N) is 2. The highest BCUT2D eigenvalue weighted by Crippen LogP contribution is 2.23. The minimum absolute atomic E-state index is 0.00384. The molecule has 2 heterocycles. The molecular weight excluding hydrogens is 266 g/mol. The van der Waals surface area contributed by atoms with Crippen molar-refractivity contribution in [2.45, 2.75) is 51.5 Å². The van der Waals surface area contributed by atoms with Crippen molar-refractivity contribution in [1.29, 1.82) is 0 Å². The Bertz CT molecular complexity index is 500. The molecule has 1 saturated heterocycles. The third-order valence-corrected chi connectivity index (χ3v) is 4.05. The summed E-state index contributed by atoms with van der Waals surface area (Å²) in [6, 6.07) is 3.63. The number of nitrogen functional groups attached to an aromatic ring is 1. The van der Waals surface area contributed by atoms with Crippen LogP contribution in [0.4, 0.5) is 5.82 Å². The molecule has 0 saturated carbocycles. The number of aliphatic hydroxyl groups excluding tert-OH is 1. The Labute approximate surface area is 126 Å². The lowest BCUT2D eigenvalue weighted by atomic mass is 9.98. The molecule has 0 radical (unpaired) electrons. The van der Waals surface area contributed by atoms with Crippen LogP contribution in [0, 0.1) is 0 Å². The first-order valence-electron chi connectivity index (χ1n) is 7.72. The second-order valence-corrected chi connectivity index (χ2v) is 6.02. The van der Waals surface area contributed by atoms with Crippen molar-refractivity contribution in [2.75, 3.05) is 18.9 Å². The van der Waals surface area contributed by atoms with Gasteiger partial charge in [0.05, 0.1) is 0 Å². The van der Waals surface area contributed by atoms with E-state index >= 15 is 0 Å². The first-order chi connectivity index (χ1) is 10.0. The summed E-state index contributed by atoms with van der Waals surface area (Å²) in [6.45, 7) is 4.93. The zero-order valence-electron chi connectivity index (χ0n) is 12.9. The van der Waals surface area contributed by atoms with Crippen molar-refractivity contribution >= 4 is 11.7 Å². The molecule has 1 aromatic rings. The van der Waals surface area contributed by atoms with Crippen LogP contribution in [0.25, 0.3) is 0 Å². The van der Waals surface area contributed by atoms with Gasteiger partial charge in [-0.05, 0) is 43.7 Å². The summed E-state index contributed by atoms with van der Waals surface area (Å²) in [5, 5.41) is 9.18. The van der Waals surface area contributed by atoms with Gasteiger partial charge >= 0.3 is 0 Å². The van der Waals surface area contributed by atoms with Crippen LogP contribution in [0.15, 0.2) is 12.1 Å². The monoisotopic (exact) mass is 291 g/mol. The van der Waals surface area contributed by atoms with Crippen LogP contribution in [-0.4, -0.2) is 40.1 Å². The fourth-order valence-electron chi connectivity index (χ4n) is 2.88. The smallest absolute Gasteiger partial charge is 0.254 e. The molecule has 5 nitrogen and oxygen atoms in total. The fourth-order valence-corrected chi connectivity index (χ4v) is 2.88. The van der Waals surface area contributed by atoms with Crippen LogP contribution in [0.2, 0.25) is 0 Å². The van der Waals surface area contributed by atoms with Crippen molar-refractivity contribution in [3.63, 3.8) is 0 Å². The second kappa shape index (κ2) is 6.89. The summed E-state index contributed by atoms with van der Waals surface area (Å²) in [5.41, 5.74) is 7.29. The lowest BCUT2D eigenvalue weighted by Crippen LogP contribution is -2.44. The van der Waals surface area contributed by atoms with E-state index in [0.29, 0.717) is 17.8 Å². The van der Waals surface area contributed by atoms with E-state index in [1.165, 1.54) is 0 Å². The molecular formula is C16H25N3O2. The maximum atomic E-state index is 12.8. The van der Waals surface area contributed by atoms with E-state index in [1.807, 2.05) is 24.8 Å². The highest BCUT2D eigenvalue weighted by molar-refractivity contribution is 5.95. The van der Waals surface area contributed by atoms with Crippen molar-refractivity contribution in [2.24, 2.45) is 0 Å². The number of piperidine rings is 1. The number of hydrogen-bond donors (Lipinski definition) is 2. The minimum Gasteiger partial charge on any atom is -0.396 e. The number of rotatable bonds is 4. The van der Waals surface area contributed by atoms with Gasteiger partial charge in [-0.2, -0.15) is 0 Å². The highest BCUT2D eigenvalue weighted by atomic mass is 16.3. The highest BCUT2D eigenvalue weighted by Gasteiger charge is 2.27. The molecule has 1 aromatic heterocycles. The molecule has 2 rings (SSSR count). The average Bonchev–Trinajstić information content (AvgIpc) is 2.47. The average molecular weight is 291 g/mol. The molecule has 1 amide bonds. The number of anilines is 1. The Hall–Kier alpha value is -1.62. The Morgan fingerprint density at radius 2 is 2.24 bits per heavy atom. The normalized spacial score (nSPS) is 19.0. The zero-order valence-corrected chi connectivity index (χ0v) is 12.9. The number of aliphatic hydroxyl groups is 1. The maximum Gasteiger partial charge on any atom is 0.254 e. The van der Waals surface area contributed by atoms with E-state index in [1.54, 1.807) is 6.07 Å². The summed E-state index contributed by atoms with van der Waals surface area (Å²) in [7, 11) is 0. The minimum atomic E-state index is 0.00384. The molecule has 5 heteroatoms. The number of aromatic nitrogens is 1. The van der Waals surface area contributed by atoms with E-state index in [2.05, 4.69) is 4.98 Å². The Morgan fingerprint density at radius 1 is 1.48 bits per heavy atom. The second-order valence-electron chi connectivity index (χ2n) is 6.02. The summed E-state index contributed by atoms with van der Waals surface area (Å²) >= 11 is 0. The van der Waals surface area contributed by atoms with E-state index < -0.39 is 0 Å². The third kappa shape index (κ3) is 3.73. The van der Waals surface area contributed by atoms with Gasteiger partial charge in [0.25, 0.3) is 5.91 Å². The van der Waals surface area contributed by atoms with E-state index in [4.69, 9.17) is 5.73 Å². The number of likely N-dealkylation sites (tertiary alicyclic amines) is 1. The number of nitrogens with two attached hydrogens (primary N) is 1. The summed E-state index contributed by atoms with van der Waals surface area (Å²) in [4.78, 5) is 18.9. The number of carbonyl (C=O) groups excluding carboxylic acids is 1. The lowest BCUT2D eigenvalue weighted by Gasteiger charge is -2.35. The number of hydrogen-bond acceptors (Lipinski definition) is 4. The summed E-state index contributed by atoms with van der Waals surface area (Å²) < 4.78 is 0. The molecule has 1 aliphatic heterocycles. The molecule has 0 spiro atoms. The zero-order chi connectivity index (χ0) is 15.4. The SMILES string of the molecule is CC(C)c1cc(C(=O)N2CCCCC2CCO)cc(N)n1. The van der Waals surface area contributed by atoms with Crippen LogP contribution >= 0.6 is 0 Å². The first-order valence-corrected chi connectivity index (χ1v) is 7.72. The molecule has 1 fully saturated rings. The van der Waals surface area contributed by atoms with Crippen LogP contribution in [0.3, 0.4) is 0 Å². The third-order valence-electron chi connectivity index (χ3n) is 4.05. The quantitative estimate of drug-likeness (QED) is 0.891. The summed E-state index contributed by atoms with van der Waals surface area (Å²) in [6.07, 6.45) is 3.74. The molecule has 116 valence electrons. The number of carbonyl (C=O) groups is 1. The van der Waals surface area contributed by atoms with Gasteiger partial charge in [0.2, 0.25) is 0 Å². The lowest BCUT2D eigenvalue weighted by molar-refractivity contribution is 0.0574. The van der Waals surface area contributed by atoms with Gasteiger partial charge in [-0.1, -0.05) is 13.8 Å². The molecule has 3 N–H and O–H groups in total. The van der Waals surface area contributed by atoms with E-state index in [-0.39, 0.29) is 24.5 Å². The van der Waals surface area contributed by atoms with Gasteiger partial charge in [0.15, 0.2) is 0 Å². The van der Waals surface area contributed by atoms with Gasteiger partial charge in [0.1, 0.15) is 5.82 Å². The van der Waals surface area contributed by atoms with Gasteiger partial charge in [-0.15, -0.1) is 0 Å². The Kier molecular flexibility index (Phi) is 5.17. The van der Waals surface area contributed by atoms with Crippen LogP contribution < -0.4 is 5.73 Å². The largest absolute Gasteiger partial charge is 0.396 e. The molecule has 1 unspecified atom stereocenters. The molecule has 0 aliphatic carbocycles. The molecule has 21 heavy (non-hydrogen) atoms. The van der Waals surface area contributed by atoms with E-state index in [0.717, 1.165) is 31.5 Å². The fraction of sp³-hybridized carbons (Fsp3) is 0.625. The number of pyridine rings is 1. The van der Waals surface area contributed by atoms with Gasteiger partial charge in [-0.25, -0.2) is 4.98 Å². The predicted molar refractivity (Wildman–Crippen MR) is 83.1 cm³/mol. The molecule has 0 bridgehead atoms. The molecule has 1 atom stereocenters. The van der Waals surface area contributed by atoms with E-state index in [9.17, 15) is 9.90 Å². The van der Waals surface area contributed by atoms with Gasteiger partial charge in [-0.3, -0.25) is 4.79 Å². The number of amides is 1. The van der Waals surface area contributed by atoms with Gasteiger partial charge < -0.3 is 15.7 Å². The van der Waals surface area contributed by atoms with Crippen LogP contribution in [0.5, 0.6) is 0 Å². The first kappa shape index (κ1) is 15.8. The van der Waals surface area contributed by atoms with Crippen molar-refractivity contribution in [1.82, 2.24) is 9.88 Å². The van der Waals surface area contributed by atoms with Crippen molar-refractivity contribution < 1.29 is 9.90 Å². The summed E-state index contributed by atoms with van der Waals surface area (Å²) in [5.74, 6) is 0.624.